The van der Waals surface area contributed by atoms with Gasteiger partial charge in [0.2, 0.25) is 5.91 Å². The van der Waals surface area contributed by atoms with Crippen LogP contribution in [0, 0.1) is 0 Å². The monoisotopic (exact) mass is 434 g/mol. The summed E-state index contributed by atoms with van der Waals surface area (Å²) in [4.78, 5) is 25.6. The summed E-state index contributed by atoms with van der Waals surface area (Å²) in [7, 11) is 3.19. The molecule has 0 saturated carbocycles. The standard InChI is InChI=1S/C24H26N4O4/c1-4-15-8-5-6-11-18(15)25-21(29)13-20-24(30)26-23-22(19(14-31-2)27-28(20)23)16-9-7-10-17(12-16)32-3/h5-12,20H,4,13-14H2,1-3H3,(H,25,29)(H,26,30). The van der Waals surface area contributed by atoms with Crippen molar-refractivity contribution in [3.63, 3.8) is 0 Å². The molecule has 8 nitrogen and oxygen atoms in total. The highest BCUT2D eigenvalue weighted by molar-refractivity contribution is 6.04. The Kier molecular flexibility index (Phi) is 6.23. The normalized spacial score (nSPS) is 14.7. The van der Waals surface area contributed by atoms with Crippen LogP contribution in [0.4, 0.5) is 11.5 Å². The Bertz CT molecular complexity index is 1150. The molecule has 2 aromatic carbocycles. The van der Waals surface area contributed by atoms with Gasteiger partial charge >= 0.3 is 0 Å². The molecule has 0 radical (unpaired) electrons. The van der Waals surface area contributed by atoms with E-state index >= 15 is 0 Å². The van der Waals surface area contributed by atoms with Crippen LogP contribution in [0.3, 0.4) is 0 Å². The van der Waals surface area contributed by atoms with Gasteiger partial charge in [0.25, 0.3) is 5.91 Å². The molecule has 1 aliphatic heterocycles. The Balaban J connectivity index is 1.64. The molecule has 166 valence electrons. The number of anilines is 2. The quantitative estimate of drug-likeness (QED) is 0.563. The summed E-state index contributed by atoms with van der Waals surface area (Å²) in [6, 6.07) is 14.4. The van der Waals surface area contributed by atoms with Crippen LogP contribution >= 0.6 is 0 Å². The fourth-order valence-corrected chi connectivity index (χ4v) is 3.96. The molecule has 2 N–H and O–H groups in total. The van der Waals surface area contributed by atoms with Crippen LogP contribution in [0.25, 0.3) is 11.1 Å². The van der Waals surface area contributed by atoms with Crippen LogP contribution < -0.4 is 15.4 Å². The highest BCUT2D eigenvalue weighted by atomic mass is 16.5. The van der Waals surface area contributed by atoms with E-state index in [1.54, 1.807) is 18.9 Å². The third kappa shape index (κ3) is 4.09. The molecule has 8 heteroatoms. The first-order valence-corrected chi connectivity index (χ1v) is 10.5. The summed E-state index contributed by atoms with van der Waals surface area (Å²) in [5.74, 6) is 0.743. The van der Waals surface area contributed by atoms with Gasteiger partial charge in [0, 0.05) is 12.8 Å². The molecule has 1 aliphatic rings. The molecule has 3 aromatic rings. The SMILES string of the molecule is CCc1ccccc1NC(=O)CC1C(=O)Nc2c(-c3cccc(OC)c3)c(COC)nn21. The van der Waals surface area contributed by atoms with E-state index in [1.807, 2.05) is 55.5 Å². The van der Waals surface area contributed by atoms with Crippen LogP contribution in [0.5, 0.6) is 5.75 Å². The van der Waals surface area contributed by atoms with Crippen LogP contribution in [-0.2, 0) is 27.4 Å². The number of ether oxygens (including phenoxy) is 2. The number of carbonyl (C=O) groups is 2. The molecule has 1 unspecified atom stereocenters. The van der Waals surface area contributed by atoms with E-state index in [4.69, 9.17) is 9.47 Å². The molecule has 0 saturated heterocycles. The van der Waals surface area contributed by atoms with Gasteiger partial charge in [0.05, 0.1) is 31.4 Å². The zero-order chi connectivity index (χ0) is 22.7. The van der Waals surface area contributed by atoms with E-state index in [1.165, 1.54) is 0 Å². The molecule has 2 heterocycles. The first-order valence-electron chi connectivity index (χ1n) is 10.5. The number of nitrogens with one attached hydrogen (secondary N) is 2. The average molecular weight is 434 g/mol. The number of aryl methyl sites for hydroxylation is 1. The highest BCUT2D eigenvalue weighted by Crippen LogP contribution is 2.39. The van der Waals surface area contributed by atoms with Crippen molar-refractivity contribution < 1.29 is 19.1 Å². The third-order valence-corrected chi connectivity index (χ3v) is 5.51. The number of hydrogen-bond donors (Lipinski definition) is 2. The number of amides is 2. The van der Waals surface area contributed by atoms with Crippen molar-refractivity contribution in [3.8, 4) is 16.9 Å². The lowest BCUT2D eigenvalue weighted by Gasteiger charge is -2.12. The van der Waals surface area contributed by atoms with E-state index < -0.39 is 6.04 Å². The van der Waals surface area contributed by atoms with Crippen molar-refractivity contribution in [3.05, 3.63) is 59.8 Å². The summed E-state index contributed by atoms with van der Waals surface area (Å²) in [6.07, 6.45) is 0.774. The van der Waals surface area contributed by atoms with Gasteiger partial charge < -0.3 is 20.1 Å². The van der Waals surface area contributed by atoms with Crippen molar-refractivity contribution in [2.75, 3.05) is 24.9 Å². The van der Waals surface area contributed by atoms with Crippen LogP contribution in [-0.4, -0.2) is 35.8 Å². The molecule has 0 bridgehead atoms. The summed E-state index contributed by atoms with van der Waals surface area (Å²) < 4.78 is 12.3. The van der Waals surface area contributed by atoms with Crippen molar-refractivity contribution in [2.45, 2.75) is 32.4 Å². The van der Waals surface area contributed by atoms with Crippen molar-refractivity contribution in [1.29, 1.82) is 0 Å². The largest absolute Gasteiger partial charge is 0.497 e. The molecular weight excluding hydrogens is 408 g/mol. The maximum atomic E-state index is 12.8. The van der Waals surface area contributed by atoms with E-state index in [9.17, 15) is 9.59 Å². The minimum absolute atomic E-state index is 0.0253. The van der Waals surface area contributed by atoms with Crippen molar-refractivity contribution >= 4 is 23.3 Å². The van der Waals surface area contributed by atoms with Gasteiger partial charge in [0.1, 0.15) is 17.6 Å². The molecule has 0 spiro atoms. The lowest BCUT2D eigenvalue weighted by Crippen LogP contribution is -2.24. The number of rotatable bonds is 8. The fourth-order valence-electron chi connectivity index (χ4n) is 3.96. The first-order chi connectivity index (χ1) is 15.5. The van der Waals surface area contributed by atoms with Gasteiger partial charge in [-0.15, -0.1) is 0 Å². The minimum atomic E-state index is -0.742. The average Bonchev–Trinajstić information content (AvgIpc) is 3.29. The smallest absolute Gasteiger partial charge is 0.251 e. The Hall–Kier alpha value is -3.65. The van der Waals surface area contributed by atoms with Gasteiger partial charge in [-0.2, -0.15) is 5.10 Å². The predicted octanol–water partition coefficient (Wildman–Crippen LogP) is 3.79. The molecule has 4 rings (SSSR count). The lowest BCUT2D eigenvalue weighted by molar-refractivity contribution is -0.123. The summed E-state index contributed by atoms with van der Waals surface area (Å²) in [5, 5.41) is 10.5. The minimum Gasteiger partial charge on any atom is -0.497 e. The maximum absolute atomic E-state index is 12.8. The number of para-hydroxylation sites is 1. The topological polar surface area (TPSA) is 94.5 Å². The molecule has 32 heavy (non-hydrogen) atoms. The van der Waals surface area contributed by atoms with Crippen LogP contribution in [0.2, 0.25) is 0 Å². The van der Waals surface area contributed by atoms with Crippen LogP contribution in [0.15, 0.2) is 48.5 Å². The molecule has 0 aliphatic carbocycles. The van der Waals surface area contributed by atoms with Gasteiger partial charge in [-0.1, -0.05) is 37.3 Å². The number of methoxy groups -OCH3 is 2. The summed E-state index contributed by atoms with van der Waals surface area (Å²) in [5.41, 5.74) is 4.09. The maximum Gasteiger partial charge on any atom is 0.251 e. The van der Waals surface area contributed by atoms with Crippen molar-refractivity contribution in [2.24, 2.45) is 0 Å². The third-order valence-electron chi connectivity index (χ3n) is 5.51. The number of carbonyl (C=O) groups excluding carboxylic acids is 2. The Labute approximate surface area is 186 Å². The Morgan fingerprint density at radius 2 is 2.00 bits per heavy atom. The zero-order valence-corrected chi connectivity index (χ0v) is 18.3. The van der Waals surface area contributed by atoms with E-state index in [2.05, 4.69) is 15.7 Å². The van der Waals surface area contributed by atoms with E-state index in [-0.39, 0.29) is 24.8 Å². The fraction of sp³-hybridized carbons (Fsp3) is 0.292. The number of hydrogen-bond acceptors (Lipinski definition) is 5. The number of aromatic nitrogens is 2. The first kappa shape index (κ1) is 21.6. The second-order valence-corrected chi connectivity index (χ2v) is 7.55. The summed E-state index contributed by atoms with van der Waals surface area (Å²) in [6.45, 7) is 2.30. The van der Waals surface area contributed by atoms with Gasteiger partial charge in [-0.05, 0) is 35.7 Å². The molecule has 2 amide bonds. The Morgan fingerprint density at radius 3 is 2.75 bits per heavy atom. The number of nitrogens with zero attached hydrogens (tertiary/aromatic N) is 2. The second kappa shape index (κ2) is 9.23. The highest BCUT2D eigenvalue weighted by Gasteiger charge is 2.37. The molecular formula is C24H26N4O4. The second-order valence-electron chi connectivity index (χ2n) is 7.55. The number of fused-ring (bicyclic) bond motifs is 1. The van der Waals surface area contributed by atoms with Gasteiger partial charge in [-0.25, -0.2) is 4.68 Å². The predicted molar refractivity (Wildman–Crippen MR) is 122 cm³/mol. The van der Waals surface area contributed by atoms with E-state index in [0.29, 0.717) is 17.3 Å². The van der Waals surface area contributed by atoms with Gasteiger partial charge in [-0.3, -0.25) is 9.59 Å². The number of benzene rings is 2. The van der Waals surface area contributed by atoms with Crippen LogP contribution in [0.1, 0.15) is 30.6 Å². The van der Waals surface area contributed by atoms with E-state index in [0.717, 1.165) is 28.8 Å². The summed E-state index contributed by atoms with van der Waals surface area (Å²) >= 11 is 0. The molecule has 0 fully saturated rings. The van der Waals surface area contributed by atoms with Crippen molar-refractivity contribution in [1.82, 2.24) is 9.78 Å². The lowest BCUT2D eigenvalue weighted by atomic mass is 10.1. The Morgan fingerprint density at radius 1 is 1.19 bits per heavy atom. The molecule has 1 aromatic heterocycles. The molecule has 1 atom stereocenters. The van der Waals surface area contributed by atoms with Gasteiger partial charge in [0.15, 0.2) is 0 Å². The zero-order valence-electron chi connectivity index (χ0n) is 18.3.